The highest BCUT2D eigenvalue weighted by Gasteiger charge is 2.48. The van der Waals surface area contributed by atoms with E-state index < -0.39 is 23.9 Å². The molecule has 0 aromatic rings. The standard InChI is InChI=1S/C16H22O4/c1-10(2)5-6-12-9-13(17)16(20,8-7-11(3)4)15(19)14(12)18/h5,9,13-15,17-20H,3,6H2,1-2,4H3. The maximum atomic E-state index is 10.3. The molecule has 0 fully saturated rings. The average molecular weight is 278 g/mol. The fraction of sp³-hybridized carbons (Fsp3) is 0.500. The van der Waals surface area contributed by atoms with Crippen LogP contribution in [0.5, 0.6) is 0 Å². The number of rotatable bonds is 2. The Balaban J connectivity index is 3.10. The van der Waals surface area contributed by atoms with E-state index in [2.05, 4.69) is 18.4 Å². The molecule has 0 aliphatic heterocycles. The van der Waals surface area contributed by atoms with Crippen molar-refractivity contribution in [3.05, 3.63) is 35.5 Å². The summed E-state index contributed by atoms with van der Waals surface area (Å²) in [5.74, 6) is 4.93. The third kappa shape index (κ3) is 3.59. The van der Waals surface area contributed by atoms with Gasteiger partial charge in [-0.15, -0.1) is 0 Å². The van der Waals surface area contributed by atoms with Crippen molar-refractivity contribution in [1.82, 2.24) is 0 Å². The molecule has 0 heterocycles. The van der Waals surface area contributed by atoms with Gasteiger partial charge < -0.3 is 20.4 Å². The van der Waals surface area contributed by atoms with Crippen molar-refractivity contribution in [1.29, 1.82) is 0 Å². The molecule has 0 saturated heterocycles. The van der Waals surface area contributed by atoms with E-state index in [1.165, 1.54) is 6.08 Å². The van der Waals surface area contributed by atoms with Crippen molar-refractivity contribution in [2.45, 2.75) is 51.1 Å². The van der Waals surface area contributed by atoms with Crippen LogP contribution in [0.3, 0.4) is 0 Å². The Hall–Kier alpha value is -1.38. The predicted octanol–water partition coefficient (Wildman–Crippen LogP) is 0.676. The molecule has 0 amide bonds. The molecule has 4 N–H and O–H groups in total. The Morgan fingerprint density at radius 1 is 1.35 bits per heavy atom. The summed E-state index contributed by atoms with van der Waals surface area (Å²) in [7, 11) is 0. The Morgan fingerprint density at radius 3 is 2.45 bits per heavy atom. The lowest BCUT2D eigenvalue weighted by atomic mass is 9.78. The SMILES string of the molecule is C=C(C)C#CC1(O)C(O)C=C(CC=C(C)C)C(O)C1O. The molecule has 110 valence electrons. The molecule has 4 heteroatoms. The fourth-order valence-electron chi connectivity index (χ4n) is 1.91. The van der Waals surface area contributed by atoms with Crippen LogP contribution >= 0.6 is 0 Å². The molecule has 0 aromatic heterocycles. The van der Waals surface area contributed by atoms with Crippen LogP contribution in [0.4, 0.5) is 0 Å². The van der Waals surface area contributed by atoms with Gasteiger partial charge in [0, 0.05) is 0 Å². The lowest BCUT2D eigenvalue weighted by molar-refractivity contribution is -0.134. The van der Waals surface area contributed by atoms with E-state index in [9.17, 15) is 20.4 Å². The molecule has 0 spiro atoms. The Kier molecular flexibility index (Phi) is 5.32. The lowest BCUT2D eigenvalue weighted by Crippen LogP contribution is -2.58. The number of aliphatic hydroxyl groups excluding tert-OH is 3. The topological polar surface area (TPSA) is 80.9 Å². The van der Waals surface area contributed by atoms with E-state index in [0.29, 0.717) is 17.6 Å². The predicted molar refractivity (Wildman–Crippen MR) is 77.7 cm³/mol. The molecule has 0 radical (unpaired) electrons. The molecule has 20 heavy (non-hydrogen) atoms. The summed E-state index contributed by atoms with van der Waals surface area (Å²) in [6.07, 6.45) is -0.578. The van der Waals surface area contributed by atoms with Crippen molar-refractivity contribution < 1.29 is 20.4 Å². The van der Waals surface area contributed by atoms with E-state index in [4.69, 9.17) is 0 Å². The van der Waals surface area contributed by atoms with Crippen LogP contribution in [-0.2, 0) is 0 Å². The second-order valence-corrected chi connectivity index (χ2v) is 5.42. The van der Waals surface area contributed by atoms with Crippen LogP contribution in [0.2, 0.25) is 0 Å². The van der Waals surface area contributed by atoms with Gasteiger partial charge in [0.15, 0.2) is 5.60 Å². The average Bonchev–Trinajstić information content (AvgIpc) is 2.37. The highest BCUT2D eigenvalue weighted by atomic mass is 16.4. The van der Waals surface area contributed by atoms with Gasteiger partial charge in [-0.3, -0.25) is 0 Å². The zero-order chi connectivity index (χ0) is 15.5. The third-order valence-corrected chi connectivity index (χ3v) is 3.17. The maximum absolute atomic E-state index is 10.3. The van der Waals surface area contributed by atoms with Crippen molar-refractivity contribution in [3.63, 3.8) is 0 Å². The van der Waals surface area contributed by atoms with Crippen molar-refractivity contribution in [2.24, 2.45) is 0 Å². The summed E-state index contributed by atoms with van der Waals surface area (Å²) in [6, 6.07) is 0. The van der Waals surface area contributed by atoms with Crippen LogP contribution in [0, 0.1) is 11.8 Å². The van der Waals surface area contributed by atoms with Crippen molar-refractivity contribution in [2.75, 3.05) is 0 Å². The molecule has 0 saturated carbocycles. The van der Waals surface area contributed by atoms with E-state index in [1.54, 1.807) is 6.92 Å². The lowest BCUT2D eigenvalue weighted by Gasteiger charge is -2.39. The van der Waals surface area contributed by atoms with E-state index >= 15 is 0 Å². The largest absolute Gasteiger partial charge is 0.386 e. The minimum atomic E-state index is -2.09. The van der Waals surface area contributed by atoms with Gasteiger partial charge in [0.2, 0.25) is 0 Å². The molecule has 1 aliphatic carbocycles. The normalized spacial score (nSPS) is 32.8. The summed E-state index contributed by atoms with van der Waals surface area (Å²) in [6.45, 7) is 9.04. The first-order valence-electron chi connectivity index (χ1n) is 6.47. The van der Waals surface area contributed by atoms with Gasteiger partial charge in [0.1, 0.15) is 18.3 Å². The zero-order valence-corrected chi connectivity index (χ0v) is 12.1. The molecular formula is C16H22O4. The molecule has 1 rings (SSSR count). The molecule has 0 bridgehead atoms. The first-order chi connectivity index (χ1) is 9.18. The number of allylic oxidation sites excluding steroid dienone is 3. The first-order valence-corrected chi connectivity index (χ1v) is 6.47. The van der Waals surface area contributed by atoms with E-state index in [-0.39, 0.29) is 0 Å². The van der Waals surface area contributed by atoms with Crippen LogP contribution in [-0.4, -0.2) is 44.3 Å². The van der Waals surface area contributed by atoms with Crippen LogP contribution < -0.4 is 0 Å². The Morgan fingerprint density at radius 2 is 1.95 bits per heavy atom. The van der Waals surface area contributed by atoms with Crippen molar-refractivity contribution >= 4 is 0 Å². The van der Waals surface area contributed by atoms with Gasteiger partial charge in [-0.2, -0.15) is 0 Å². The quantitative estimate of drug-likeness (QED) is 0.442. The van der Waals surface area contributed by atoms with Gasteiger partial charge in [0.25, 0.3) is 0 Å². The minimum absolute atomic E-state index is 0.404. The molecule has 1 aliphatic rings. The third-order valence-electron chi connectivity index (χ3n) is 3.17. The highest BCUT2D eigenvalue weighted by molar-refractivity contribution is 5.37. The van der Waals surface area contributed by atoms with Crippen molar-refractivity contribution in [3.8, 4) is 11.8 Å². The van der Waals surface area contributed by atoms with Crippen LogP contribution in [0.15, 0.2) is 35.5 Å². The van der Waals surface area contributed by atoms with Crippen LogP contribution in [0.25, 0.3) is 0 Å². The summed E-state index contributed by atoms with van der Waals surface area (Å²) < 4.78 is 0. The molecule has 4 atom stereocenters. The van der Waals surface area contributed by atoms with E-state index in [0.717, 1.165) is 5.57 Å². The van der Waals surface area contributed by atoms with Gasteiger partial charge in [0.05, 0.1) is 0 Å². The summed E-state index contributed by atoms with van der Waals surface area (Å²) in [5, 5.41) is 40.4. The summed E-state index contributed by atoms with van der Waals surface area (Å²) >= 11 is 0. The smallest absolute Gasteiger partial charge is 0.184 e. The minimum Gasteiger partial charge on any atom is -0.386 e. The number of hydrogen-bond donors (Lipinski definition) is 4. The zero-order valence-electron chi connectivity index (χ0n) is 12.1. The van der Waals surface area contributed by atoms with Gasteiger partial charge in [-0.25, -0.2) is 0 Å². The van der Waals surface area contributed by atoms with E-state index in [1.807, 2.05) is 19.9 Å². The van der Waals surface area contributed by atoms with Gasteiger partial charge >= 0.3 is 0 Å². The second-order valence-electron chi connectivity index (χ2n) is 5.42. The Bertz CT molecular complexity index is 502. The number of aliphatic hydroxyl groups is 4. The summed E-state index contributed by atoms with van der Waals surface area (Å²) in [4.78, 5) is 0. The van der Waals surface area contributed by atoms with Crippen LogP contribution in [0.1, 0.15) is 27.2 Å². The first kappa shape index (κ1) is 16.7. The maximum Gasteiger partial charge on any atom is 0.184 e. The molecule has 4 unspecified atom stereocenters. The molecular weight excluding hydrogens is 256 g/mol. The monoisotopic (exact) mass is 278 g/mol. The number of hydrogen-bond acceptors (Lipinski definition) is 4. The van der Waals surface area contributed by atoms with Gasteiger partial charge in [-0.05, 0) is 44.4 Å². The Labute approximate surface area is 119 Å². The molecule has 0 aromatic carbocycles. The highest BCUT2D eigenvalue weighted by Crippen LogP contribution is 2.30. The van der Waals surface area contributed by atoms with Gasteiger partial charge in [-0.1, -0.05) is 30.1 Å². The second kappa shape index (κ2) is 6.38. The fourth-order valence-corrected chi connectivity index (χ4v) is 1.91. The molecule has 4 nitrogen and oxygen atoms in total. The summed E-state index contributed by atoms with van der Waals surface area (Å²) in [5.41, 5.74) is -0.0723.